The summed E-state index contributed by atoms with van der Waals surface area (Å²) in [5.41, 5.74) is 5.18. The van der Waals surface area contributed by atoms with Crippen LogP contribution in [0, 0.1) is 5.92 Å². The van der Waals surface area contributed by atoms with Gasteiger partial charge in [0.2, 0.25) is 5.91 Å². The van der Waals surface area contributed by atoms with Gasteiger partial charge in [0.1, 0.15) is 0 Å². The molecule has 0 aromatic rings. The monoisotopic (exact) mass is 184 g/mol. The van der Waals surface area contributed by atoms with Crippen molar-refractivity contribution < 1.29 is 4.79 Å². The van der Waals surface area contributed by atoms with E-state index in [-0.39, 0.29) is 5.91 Å². The zero-order chi connectivity index (χ0) is 10.0. The van der Waals surface area contributed by atoms with Crippen molar-refractivity contribution in [3.63, 3.8) is 0 Å². The largest absolute Gasteiger partial charge is 0.370 e. The summed E-state index contributed by atoms with van der Waals surface area (Å²) < 4.78 is 0. The summed E-state index contributed by atoms with van der Waals surface area (Å²) in [6.07, 6.45) is 1.72. The Hall–Kier alpha value is -0.570. The van der Waals surface area contributed by atoms with Gasteiger partial charge in [0.15, 0.2) is 0 Å². The number of amides is 1. The lowest BCUT2D eigenvalue weighted by atomic mass is 10.1. The summed E-state index contributed by atoms with van der Waals surface area (Å²) in [6, 6.07) is 0.904. The fourth-order valence-electron chi connectivity index (χ4n) is 2.35. The van der Waals surface area contributed by atoms with Crippen molar-refractivity contribution >= 4 is 5.91 Å². The van der Waals surface area contributed by atoms with Crippen LogP contribution in [0.4, 0.5) is 0 Å². The van der Waals surface area contributed by atoms with Crippen LogP contribution in [0.15, 0.2) is 0 Å². The minimum absolute atomic E-state index is 0.195. The number of nitrogens with zero attached hydrogens (tertiary/aromatic N) is 1. The van der Waals surface area contributed by atoms with Crippen LogP contribution in [0.3, 0.4) is 0 Å². The molecule has 0 bridgehead atoms. The number of rotatable bonds is 3. The van der Waals surface area contributed by atoms with Crippen LogP contribution in [-0.2, 0) is 4.79 Å². The number of likely N-dealkylation sites (tertiary alicyclic amines) is 1. The third-order valence-electron chi connectivity index (χ3n) is 2.89. The zero-order valence-corrected chi connectivity index (χ0v) is 8.79. The van der Waals surface area contributed by atoms with Crippen LogP contribution >= 0.6 is 0 Å². The minimum atomic E-state index is -0.195. The lowest BCUT2D eigenvalue weighted by Gasteiger charge is -2.27. The first-order valence-corrected chi connectivity index (χ1v) is 5.04. The van der Waals surface area contributed by atoms with Gasteiger partial charge in [0.05, 0.1) is 0 Å². The molecule has 76 valence electrons. The highest BCUT2D eigenvalue weighted by molar-refractivity contribution is 5.74. The van der Waals surface area contributed by atoms with E-state index in [2.05, 4.69) is 25.7 Å². The number of hydrogen-bond donors (Lipinski definition) is 1. The summed E-state index contributed by atoms with van der Waals surface area (Å²) >= 11 is 0. The molecule has 3 atom stereocenters. The van der Waals surface area contributed by atoms with Crippen LogP contribution < -0.4 is 5.73 Å². The summed E-state index contributed by atoms with van der Waals surface area (Å²) in [5.74, 6) is 0.560. The molecular weight excluding hydrogens is 164 g/mol. The molecule has 0 aliphatic carbocycles. The Kier molecular flexibility index (Phi) is 3.31. The van der Waals surface area contributed by atoms with E-state index in [1.54, 1.807) is 0 Å². The van der Waals surface area contributed by atoms with Crippen molar-refractivity contribution in [2.24, 2.45) is 11.7 Å². The fourth-order valence-corrected chi connectivity index (χ4v) is 2.35. The van der Waals surface area contributed by atoms with Gasteiger partial charge in [-0.25, -0.2) is 0 Å². The smallest absolute Gasteiger partial charge is 0.218 e. The van der Waals surface area contributed by atoms with E-state index < -0.39 is 0 Å². The Bertz CT molecular complexity index is 193. The van der Waals surface area contributed by atoms with Crippen LogP contribution in [0.2, 0.25) is 0 Å². The van der Waals surface area contributed by atoms with Crippen molar-refractivity contribution in [3.05, 3.63) is 0 Å². The van der Waals surface area contributed by atoms with E-state index in [9.17, 15) is 4.79 Å². The molecule has 13 heavy (non-hydrogen) atoms. The zero-order valence-electron chi connectivity index (χ0n) is 8.79. The SMILES string of the molecule is CC1CC(C)N(C(C)CC(N)=O)C1. The Balaban J connectivity index is 2.46. The number of carbonyl (C=O) groups is 1. The van der Waals surface area contributed by atoms with E-state index in [0.717, 1.165) is 12.5 Å². The van der Waals surface area contributed by atoms with Gasteiger partial charge in [0.25, 0.3) is 0 Å². The number of nitrogens with two attached hydrogens (primary N) is 1. The third kappa shape index (κ3) is 2.69. The average molecular weight is 184 g/mol. The summed E-state index contributed by atoms with van der Waals surface area (Å²) in [6.45, 7) is 7.67. The molecule has 1 saturated heterocycles. The molecule has 0 saturated carbocycles. The molecular formula is C10H20N2O. The lowest BCUT2D eigenvalue weighted by molar-refractivity contribution is -0.119. The molecule has 3 unspecified atom stereocenters. The molecule has 2 N–H and O–H groups in total. The highest BCUT2D eigenvalue weighted by Crippen LogP contribution is 2.25. The normalized spacial score (nSPS) is 31.9. The van der Waals surface area contributed by atoms with Crippen molar-refractivity contribution in [2.45, 2.75) is 45.7 Å². The van der Waals surface area contributed by atoms with Crippen molar-refractivity contribution in [1.82, 2.24) is 4.90 Å². The van der Waals surface area contributed by atoms with Crippen molar-refractivity contribution in [3.8, 4) is 0 Å². The molecule has 3 heteroatoms. The van der Waals surface area contributed by atoms with Gasteiger partial charge in [-0.05, 0) is 26.2 Å². The average Bonchev–Trinajstić information content (AvgIpc) is 2.28. The second-order valence-electron chi connectivity index (χ2n) is 4.41. The van der Waals surface area contributed by atoms with Gasteiger partial charge >= 0.3 is 0 Å². The molecule has 3 nitrogen and oxygen atoms in total. The standard InChI is InChI=1S/C10H20N2O/c1-7-4-8(2)12(6-7)9(3)5-10(11)13/h7-9H,4-6H2,1-3H3,(H2,11,13). The maximum Gasteiger partial charge on any atom is 0.218 e. The van der Waals surface area contributed by atoms with E-state index in [0.29, 0.717) is 18.5 Å². The minimum Gasteiger partial charge on any atom is -0.370 e. The molecule has 1 amide bonds. The maximum absolute atomic E-state index is 10.8. The predicted octanol–water partition coefficient (Wildman–Crippen LogP) is 0.981. The summed E-state index contributed by atoms with van der Waals surface area (Å²) in [4.78, 5) is 13.1. The van der Waals surface area contributed by atoms with E-state index in [1.165, 1.54) is 6.42 Å². The van der Waals surface area contributed by atoms with Crippen molar-refractivity contribution in [2.75, 3.05) is 6.54 Å². The first-order valence-electron chi connectivity index (χ1n) is 5.04. The van der Waals surface area contributed by atoms with Gasteiger partial charge in [0, 0.05) is 25.0 Å². The van der Waals surface area contributed by atoms with Crippen LogP contribution in [0.1, 0.15) is 33.6 Å². The first-order chi connectivity index (χ1) is 6.00. The molecule has 0 spiro atoms. The molecule has 1 aliphatic rings. The van der Waals surface area contributed by atoms with Crippen LogP contribution in [0.25, 0.3) is 0 Å². The Labute approximate surface area is 80.3 Å². The van der Waals surface area contributed by atoms with Gasteiger partial charge in [-0.15, -0.1) is 0 Å². The second kappa shape index (κ2) is 4.09. The van der Waals surface area contributed by atoms with E-state index >= 15 is 0 Å². The molecule has 0 aromatic carbocycles. The summed E-state index contributed by atoms with van der Waals surface area (Å²) in [7, 11) is 0. The lowest BCUT2D eigenvalue weighted by Crippen LogP contribution is -2.38. The fraction of sp³-hybridized carbons (Fsp3) is 0.900. The van der Waals surface area contributed by atoms with Crippen molar-refractivity contribution in [1.29, 1.82) is 0 Å². The Morgan fingerprint density at radius 2 is 2.23 bits per heavy atom. The molecule has 1 rings (SSSR count). The Morgan fingerprint density at radius 1 is 1.62 bits per heavy atom. The quantitative estimate of drug-likeness (QED) is 0.710. The molecule has 1 fully saturated rings. The Morgan fingerprint density at radius 3 is 2.62 bits per heavy atom. The van der Waals surface area contributed by atoms with Crippen LogP contribution in [0.5, 0.6) is 0 Å². The highest BCUT2D eigenvalue weighted by Gasteiger charge is 2.29. The second-order valence-corrected chi connectivity index (χ2v) is 4.41. The summed E-state index contributed by atoms with van der Waals surface area (Å²) in [5, 5.41) is 0. The molecule has 0 aromatic heterocycles. The van der Waals surface area contributed by atoms with E-state index in [4.69, 9.17) is 5.73 Å². The molecule has 1 heterocycles. The van der Waals surface area contributed by atoms with Gasteiger partial charge < -0.3 is 5.73 Å². The molecule has 1 aliphatic heterocycles. The predicted molar refractivity (Wildman–Crippen MR) is 53.2 cm³/mol. The van der Waals surface area contributed by atoms with Gasteiger partial charge in [-0.3, -0.25) is 9.69 Å². The van der Waals surface area contributed by atoms with E-state index in [1.807, 2.05) is 0 Å². The topological polar surface area (TPSA) is 46.3 Å². The van der Waals surface area contributed by atoms with Gasteiger partial charge in [-0.2, -0.15) is 0 Å². The number of primary amides is 1. The number of hydrogen-bond acceptors (Lipinski definition) is 2. The highest BCUT2D eigenvalue weighted by atomic mass is 16.1. The maximum atomic E-state index is 10.8. The van der Waals surface area contributed by atoms with Crippen LogP contribution in [-0.4, -0.2) is 29.4 Å². The van der Waals surface area contributed by atoms with Gasteiger partial charge in [-0.1, -0.05) is 6.92 Å². The first kappa shape index (κ1) is 10.5. The number of carbonyl (C=O) groups excluding carboxylic acids is 1. The molecule has 0 radical (unpaired) electrons. The third-order valence-corrected chi connectivity index (χ3v) is 2.89.